The van der Waals surface area contributed by atoms with E-state index in [1.807, 2.05) is 0 Å². The van der Waals surface area contributed by atoms with E-state index < -0.39 is 0 Å². The lowest BCUT2D eigenvalue weighted by atomic mass is 9.90. The average molecular weight is 302 g/mol. The third kappa shape index (κ3) is 3.29. The smallest absolute Gasteiger partial charge is 0.255 e. The molecule has 1 fully saturated rings. The Hall–Kier alpha value is -1.09. The van der Waals surface area contributed by atoms with Crippen molar-refractivity contribution in [3.8, 4) is 0 Å². The molecule has 1 heterocycles. The zero-order valence-electron chi connectivity index (χ0n) is 14.0. The van der Waals surface area contributed by atoms with Crippen LogP contribution in [0.2, 0.25) is 0 Å². The number of rotatable bonds is 5. The number of nitrogens with one attached hydrogen (secondary N) is 1. The molecule has 0 radical (unpaired) electrons. The van der Waals surface area contributed by atoms with Gasteiger partial charge in [-0.15, -0.1) is 0 Å². The van der Waals surface area contributed by atoms with Gasteiger partial charge in [-0.05, 0) is 63.1 Å². The third-order valence-corrected chi connectivity index (χ3v) is 5.30. The first-order chi connectivity index (χ1) is 10.8. The van der Waals surface area contributed by atoms with Gasteiger partial charge in [0, 0.05) is 23.8 Å². The van der Waals surface area contributed by atoms with E-state index in [1.54, 1.807) is 0 Å². The highest BCUT2D eigenvalue weighted by atomic mass is 16.1. The second kappa shape index (κ2) is 7.45. The molecule has 0 aromatic carbocycles. The van der Waals surface area contributed by atoms with Crippen molar-refractivity contribution in [3.05, 3.63) is 33.2 Å². The molecule has 0 unspecified atom stereocenters. The van der Waals surface area contributed by atoms with Gasteiger partial charge in [-0.3, -0.25) is 4.79 Å². The van der Waals surface area contributed by atoms with Crippen molar-refractivity contribution in [1.29, 1.82) is 0 Å². The van der Waals surface area contributed by atoms with E-state index in [1.165, 1.54) is 56.2 Å². The van der Waals surface area contributed by atoms with Crippen molar-refractivity contribution in [2.45, 2.75) is 83.7 Å². The van der Waals surface area contributed by atoms with Gasteiger partial charge in [0.25, 0.3) is 5.56 Å². The minimum absolute atomic E-state index is 0.288. The number of aromatic nitrogens is 1. The van der Waals surface area contributed by atoms with Crippen molar-refractivity contribution >= 4 is 0 Å². The van der Waals surface area contributed by atoms with E-state index in [9.17, 15) is 4.79 Å². The largest absolute Gasteiger partial charge is 0.312 e. The molecule has 2 aliphatic carbocycles. The van der Waals surface area contributed by atoms with Gasteiger partial charge in [-0.2, -0.15) is 0 Å². The highest BCUT2D eigenvalue weighted by Gasteiger charge is 2.24. The summed E-state index contributed by atoms with van der Waals surface area (Å²) in [6.07, 6.45) is 12.2. The molecule has 122 valence electrons. The lowest BCUT2D eigenvalue weighted by Gasteiger charge is -2.30. The Balaban J connectivity index is 1.96. The molecule has 1 aromatic rings. The molecule has 3 rings (SSSR count). The first-order valence-electron chi connectivity index (χ1n) is 9.28. The van der Waals surface area contributed by atoms with Gasteiger partial charge < -0.3 is 9.88 Å². The van der Waals surface area contributed by atoms with Crippen molar-refractivity contribution in [2.75, 3.05) is 6.54 Å². The summed E-state index contributed by atoms with van der Waals surface area (Å²) < 4.78 is 2.22. The number of pyridine rings is 1. The number of hydrogen-bond donors (Lipinski definition) is 1. The van der Waals surface area contributed by atoms with Crippen LogP contribution in [0.3, 0.4) is 0 Å². The van der Waals surface area contributed by atoms with Gasteiger partial charge in [0.15, 0.2) is 0 Å². The summed E-state index contributed by atoms with van der Waals surface area (Å²) in [5.41, 5.74) is 4.09. The zero-order valence-corrected chi connectivity index (χ0v) is 14.0. The van der Waals surface area contributed by atoms with Gasteiger partial charge in [0.05, 0.1) is 0 Å². The first kappa shape index (κ1) is 15.8. The van der Waals surface area contributed by atoms with Crippen LogP contribution in [0, 0.1) is 0 Å². The van der Waals surface area contributed by atoms with E-state index in [2.05, 4.69) is 22.9 Å². The summed E-state index contributed by atoms with van der Waals surface area (Å²) >= 11 is 0. The molecular weight excluding hydrogens is 272 g/mol. The summed E-state index contributed by atoms with van der Waals surface area (Å²) in [6.45, 7) is 3.88. The lowest BCUT2D eigenvalue weighted by molar-refractivity contribution is 0.333. The molecule has 0 atom stereocenters. The Labute approximate surface area is 134 Å². The summed E-state index contributed by atoms with van der Waals surface area (Å²) in [7, 11) is 0. The van der Waals surface area contributed by atoms with Crippen molar-refractivity contribution in [2.24, 2.45) is 0 Å². The van der Waals surface area contributed by atoms with E-state index in [-0.39, 0.29) is 5.56 Å². The monoisotopic (exact) mass is 302 g/mol. The minimum Gasteiger partial charge on any atom is -0.312 e. The van der Waals surface area contributed by atoms with Crippen LogP contribution >= 0.6 is 0 Å². The van der Waals surface area contributed by atoms with Crippen molar-refractivity contribution < 1.29 is 0 Å². The van der Waals surface area contributed by atoms with Crippen molar-refractivity contribution in [3.63, 3.8) is 0 Å². The molecule has 3 heteroatoms. The molecule has 0 amide bonds. The Morgan fingerprint density at radius 3 is 2.68 bits per heavy atom. The van der Waals surface area contributed by atoms with Crippen LogP contribution in [0.25, 0.3) is 0 Å². The lowest BCUT2D eigenvalue weighted by Crippen LogP contribution is -2.35. The molecule has 2 aliphatic rings. The molecule has 22 heavy (non-hydrogen) atoms. The second-order valence-corrected chi connectivity index (χ2v) is 6.99. The maximum absolute atomic E-state index is 13.1. The molecule has 0 spiro atoms. The number of fused-ring (bicyclic) bond motifs is 1. The minimum atomic E-state index is 0.288. The SMILES string of the molecule is CCCNCc1cc2c(n(C3CCCCC3)c1=O)CCCC2. The highest BCUT2D eigenvalue weighted by molar-refractivity contribution is 5.29. The molecule has 3 nitrogen and oxygen atoms in total. The van der Waals surface area contributed by atoms with Crippen LogP contribution in [0.15, 0.2) is 10.9 Å². The molecule has 0 aliphatic heterocycles. The van der Waals surface area contributed by atoms with Gasteiger partial charge in [-0.1, -0.05) is 26.2 Å². The summed E-state index contributed by atoms with van der Waals surface area (Å²) in [5.74, 6) is 0. The molecular formula is C19H30N2O. The Kier molecular flexibility index (Phi) is 5.35. The molecule has 1 saturated carbocycles. The molecule has 1 N–H and O–H groups in total. The maximum atomic E-state index is 13.1. The standard InChI is InChI=1S/C19H30N2O/c1-2-12-20-14-16-13-15-8-6-7-11-18(15)21(19(16)22)17-9-4-3-5-10-17/h13,17,20H,2-12,14H2,1H3. The van der Waals surface area contributed by atoms with Gasteiger partial charge >= 0.3 is 0 Å². The molecule has 0 saturated heterocycles. The fraction of sp³-hybridized carbons (Fsp3) is 0.737. The predicted octanol–water partition coefficient (Wildman–Crippen LogP) is 3.73. The van der Waals surface area contributed by atoms with E-state index in [0.717, 1.165) is 37.9 Å². The van der Waals surface area contributed by atoms with Gasteiger partial charge in [0.1, 0.15) is 0 Å². The summed E-state index contributed by atoms with van der Waals surface area (Å²) in [4.78, 5) is 13.1. The Bertz CT molecular complexity index is 555. The van der Waals surface area contributed by atoms with Crippen LogP contribution in [0.1, 0.15) is 81.2 Å². The predicted molar refractivity (Wildman–Crippen MR) is 91.5 cm³/mol. The Morgan fingerprint density at radius 2 is 1.91 bits per heavy atom. The fourth-order valence-corrected chi connectivity index (χ4v) is 4.14. The first-order valence-corrected chi connectivity index (χ1v) is 9.28. The van der Waals surface area contributed by atoms with Crippen LogP contribution in [-0.4, -0.2) is 11.1 Å². The maximum Gasteiger partial charge on any atom is 0.255 e. The third-order valence-electron chi connectivity index (χ3n) is 5.30. The fourth-order valence-electron chi connectivity index (χ4n) is 4.14. The Morgan fingerprint density at radius 1 is 1.14 bits per heavy atom. The average Bonchev–Trinajstić information content (AvgIpc) is 2.56. The number of aryl methyl sites for hydroxylation is 1. The second-order valence-electron chi connectivity index (χ2n) is 6.99. The quantitative estimate of drug-likeness (QED) is 0.841. The highest BCUT2D eigenvalue weighted by Crippen LogP contribution is 2.31. The number of hydrogen-bond acceptors (Lipinski definition) is 2. The zero-order chi connectivity index (χ0) is 15.4. The number of nitrogens with zero attached hydrogens (tertiary/aromatic N) is 1. The van der Waals surface area contributed by atoms with Gasteiger partial charge in [0.2, 0.25) is 0 Å². The molecule has 1 aromatic heterocycles. The normalized spacial score (nSPS) is 19.1. The topological polar surface area (TPSA) is 34.0 Å². The summed E-state index contributed by atoms with van der Waals surface area (Å²) in [6, 6.07) is 2.66. The van der Waals surface area contributed by atoms with Crippen LogP contribution in [-0.2, 0) is 19.4 Å². The van der Waals surface area contributed by atoms with Crippen LogP contribution in [0.4, 0.5) is 0 Å². The van der Waals surface area contributed by atoms with Crippen molar-refractivity contribution in [1.82, 2.24) is 9.88 Å². The molecule has 0 bridgehead atoms. The van der Waals surface area contributed by atoms with E-state index >= 15 is 0 Å². The summed E-state index contributed by atoms with van der Waals surface area (Å²) in [5, 5.41) is 3.42. The van der Waals surface area contributed by atoms with Crippen LogP contribution < -0.4 is 10.9 Å². The van der Waals surface area contributed by atoms with E-state index in [0.29, 0.717) is 6.04 Å². The van der Waals surface area contributed by atoms with E-state index in [4.69, 9.17) is 0 Å². The van der Waals surface area contributed by atoms with Crippen LogP contribution in [0.5, 0.6) is 0 Å². The van der Waals surface area contributed by atoms with Gasteiger partial charge in [-0.25, -0.2) is 0 Å².